The highest BCUT2D eigenvalue weighted by Crippen LogP contribution is 2.28. The van der Waals surface area contributed by atoms with Crippen LogP contribution < -0.4 is 5.32 Å². The molecule has 0 unspecified atom stereocenters. The van der Waals surface area contributed by atoms with Crippen LogP contribution in [-0.2, 0) is 14.3 Å². The molecule has 27 heavy (non-hydrogen) atoms. The molecule has 0 heterocycles. The fourth-order valence-corrected chi connectivity index (χ4v) is 3.49. The third-order valence-corrected chi connectivity index (χ3v) is 5.49. The Kier molecular flexibility index (Phi) is 7.37. The number of anilines is 1. The zero-order valence-corrected chi connectivity index (χ0v) is 17.1. The molecule has 0 aliphatic heterocycles. The van der Waals surface area contributed by atoms with E-state index in [1.165, 1.54) is 36.0 Å². The first-order valence-corrected chi connectivity index (χ1v) is 9.63. The number of non-ortho nitro benzene ring substituents is 1. The first-order chi connectivity index (χ1) is 12.8. The van der Waals surface area contributed by atoms with Gasteiger partial charge in [-0.05, 0) is 43.2 Å². The van der Waals surface area contributed by atoms with Crippen molar-refractivity contribution in [3.8, 4) is 0 Å². The number of nitro groups is 1. The third-order valence-electron chi connectivity index (χ3n) is 3.51. The van der Waals surface area contributed by atoms with Crippen molar-refractivity contribution in [3.63, 3.8) is 0 Å². The number of thioether (sulfide) groups is 1. The van der Waals surface area contributed by atoms with E-state index in [0.29, 0.717) is 0 Å². The molecule has 0 radical (unpaired) electrons. The molecule has 2 rings (SSSR count). The summed E-state index contributed by atoms with van der Waals surface area (Å²) in [5.41, 5.74) is 2.23. The van der Waals surface area contributed by atoms with Gasteiger partial charge < -0.3 is 10.1 Å². The Morgan fingerprint density at radius 3 is 2.67 bits per heavy atom. The molecular formula is C18H17BrN2O5S. The average Bonchev–Trinajstić information content (AvgIpc) is 2.62. The van der Waals surface area contributed by atoms with Crippen LogP contribution in [0.4, 0.5) is 11.4 Å². The second-order valence-corrected chi connectivity index (χ2v) is 7.54. The largest absolute Gasteiger partial charge is 0.455 e. The molecule has 0 aliphatic rings. The quantitative estimate of drug-likeness (QED) is 0.291. The lowest BCUT2D eigenvalue weighted by molar-refractivity contribution is -0.384. The third kappa shape index (κ3) is 6.37. The van der Waals surface area contributed by atoms with Gasteiger partial charge in [0.25, 0.3) is 11.6 Å². The molecule has 0 fully saturated rings. The minimum absolute atomic E-state index is 0.0754. The monoisotopic (exact) mass is 452 g/mol. The molecule has 1 amide bonds. The Labute approximate surface area is 168 Å². The van der Waals surface area contributed by atoms with Crippen LogP contribution in [0, 0.1) is 24.0 Å². The number of esters is 1. The number of nitrogens with one attached hydrogen (secondary N) is 1. The van der Waals surface area contributed by atoms with Crippen molar-refractivity contribution in [3.05, 3.63) is 62.1 Å². The van der Waals surface area contributed by atoms with Gasteiger partial charge in [-0.25, -0.2) is 0 Å². The van der Waals surface area contributed by atoms with E-state index < -0.39 is 23.4 Å². The number of benzene rings is 2. The fourth-order valence-electron chi connectivity index (χ4n) is 2.13. The molecule has 9 heteroatoms. The number of carbonyl (C=O) groups excluding carboxylic acids is 2. The van der Waals surface area contributed by atoms with E-state index in [-0.39, 0.29) is 17.1 Å². The molecule has 0 bridgehead atoms. The van der Waals surface area contributed by atoms with Crippen LogP contribution in [-0.4, -0.2) is 29.2 Å². The van der Waals surface area contributed by atoms with Gasteiger partial charge in [0.05, 0.1) is 10.7 Å². The van der Waals surface area contributed by atoms with E-state index in [2.05, 4.69) is 21.2 Å². The maximum atomic E-state index is 11.9. The van der Waals surface area contributed by atoms with Gasteiger partial charge in [0, 0.05) is 27.2 Å². The number of nitro benzene ring substituents is 1. The van der Waals surface area contributed by atoms with E-state index in [1.807, 2.05) is 26.0 Å². The number of ether oxygens (including phenoxy) is 1. The summed E-state index contributed by atoms with van der Waals surface area (Å²) in [6, 6.07) is 9.48. The van der Waals surface area contributed by atoms with Crippen molar-refractivity contribution in [2.24, 2.45) is 0 Å². The lowest BCUT2D eigenvalue weighted by Crippen LogP contribution is -2.21. The molecule has 0 aliphatic carbocycles. The number of aryl methyl sites for hydroxylation is 2. The van der Waals surface area contributed by atoms with Crippen molar-refractivity contribution in [2.45, 2.75) is 18.7 Å². The van der Waals surface area contributed by atoms with Crippen LogP contribution >= 0.6 is 27.7 Å². The molecule has 0 saturated heterocycles. The highest BCUT2D eigenvalue weighted by Gasteiger charge is 2.12. The zero-order valence-electron chi connectivity index (χ0n) is 14.7. The molecular weight excluding hydrogens is 436 g/mol. The van der Waals surface area contributed by atoms with Crippen LogP contribution in [0.1, 0.15) is 11.1 Å². The topological polar surface area (TPSA) is 98.5 Å². The number of hydrogen-bond acceptors (Lipinski definition) is 6. The zero-order chi connectivity index (χ0) is 20.0. The van der Waals surface area contributed by atoms with E-state index in [0.717, 1.165) is 20.5 Å². The molecule has 7 nitrogen and oxygen atoms in total. The minimum atomic E-state index is -0.565. The summed E-state index contributed by atoms with van der Waals surface area (Å²) < 4.78 is 5.96. The summed E-state index contributed by atoms with van der Waals surface area (Å²) in [5, 5.41) is 13.2. The minimum Gasteiger partial charge on any atom is -0.455 e. The Balaban J connectivity index is 1.81. The van der Waals surface area contributed by atoms with Crippen molar-refractivity contribution in [2.75, 3.05) is 17.7 Å². The SMILES string of the molecule is Cc1cc(SCC(=O)OCC(=O)Nc2cccc([N+](=O)[O-])c2)c(C)cc1Br. The number of nitrogens with zero attached hydrogens (tertiary/aromatic N) is 1. The Bertz CT molecular complexity index is 888. The van der Waals surface area contributed by atoms with Crippen molar-refractivity contribution >= 4 is 50.9 Å². The molecule has 0 spiro atoms. The molecule has 2 aromatic carbocycles. The van der Waals surface area contributed by atoms with Crippen LogP contribution in [0.25, 0.3) is 0 Å². The lowest BCUT2D eigenvalue weighted by atomic mass is 10.2. The number of carbonyl (C=O) groups is 2. The van der Waals surface area contributed by atoms with Crippen molar-refractivity contribution in [1.29, 1.82) is 0 Å². The summed E-state index contributed by atoms with van der Waals surface area (Å²) in [6.07, 6.45) is 0. The predicted octanol–water partition coefficient (Wildman–Crippen LogP) is 4.25. The van der Waals surface area contributed by atoms with E-state index in [4.69, 9.17) is 4.74 Å². The van der Waals surface area contributed by atoms with Crippen molar-refractivity contribution < 1.29 is 19.2 Å². The second-order valence-electron chi connectivity index (χ2n) is 5.67. The second kappa shape index (κ2) is 9.52. The average molecular weight is 453 g/mol. The van der Waals surface area contributed by atoms with Gasteiger partial charge in [0.15, 0.2) is 6.61 Å². The molecule has 0 aromatic heterocycles. The van der Waals surface area contributed by atoms with Gasteiger partial charge in [-0.1, -0.05) is 22.0 Å². The first kappa shape index (κ1) is 20.9. The summed E-state index contributed by atoms with van der Waals surface area (Å²) in [4.78, 5) is 34.8. The summed E-state index contributed by atoms with van der Waals surface area (Å²) in [6.45, 7) is 3.45. The number of halogens is 1. The van der Waals surface area contributed by atoms with E-state index in [9.17, 15) is 19.7 Å². The summed E-state index contributed by atoms with van der Waals surface area (Å²) in [5.74, 6) is -1.01. The Morgan fingerprint density at radius 1 is 1.22 bits per heavy atom. The van der Waals surface area contributed by atoms with Gasteiger partial charge >= 0.3 is 5.97 Å². The molecule has 2 aromatic rings. The smallest absolute Gasteiger partial charge is 0.316 e. The van der Waals surface area contributed by atoms with Crippen LogP contribution in [0.2, 0.25) is 0 Å². The molecule has 1 N–H and O–H groups in total. The van der Waals surface area contributed by atoms with Crippen LogP contribution in [0.5, 0.6) is 0 Å². The maximum Gasteiger partial charge on any atom is 0.316 e. The standard InChI is InChI=1S/C18H17BrN2O5S/c1-11-7-16(12(2)6-15(11)19)27-10-18(23)26-9-17(22)20-13-4-3-5-14(8-13)21(24)25/h3-8H,9-10H2,1-2H3,(H,20,22). The van der Waals surface area contributed by atoms with Gasteiger partial charge in [-0.3, -0.25) is 19.7 Å². The van der Waals surface area contributed by atoms with Gasteiger partial charge in [0.1, 0.15) is 0 Å². The number of hydrogen-bond donors (Lipinski definition) is 1. The van der Waals surface area contributed by atoms with Crippen LogP contribution in [0.3, 0.4) is 0 Å². The molecule has 0 atom stereocenters. The van der Waals surface area contributed by atoms with Crippen molar-refractivity contribution in [1.82, 2.24) is 0 Å². The highest BCUT2D eigenvalue weighted by atomic mass is 79.9. The van der Waals surface area contributed by atoms with Crippen LogP contribution in [0.15, 0.2) is 45.8 Å². The van der Waals surface area contributed by atoms with E-state index >= 15 is 0 Å². The number of rotatable bonds is 7. The molecule has 142 valence electrons. The highest BCUT2D eigenvalue weighted by molar-refractivity contribution is 9.10. The van der Waals surface area contributed by atoms with Gasteiger partial charge in [0.2, 0.25) is 0 Å². The summed E-state index contributed by atoms with van der Waals surface area (Å²) >= 11 is 4.79. The first-order valence-electron chi connectivity index (χ1n) is 7.85. The summed E-state index contributed by atoms with van der Waals surface area (Å²) in [7, 11) is 0. The maximum absolute atomic E-state index is 11.9. The Morgan fingerprint density at radius 2 is 1.96 bits per heavy atom. The predicted molar refractivity (Wildman–Crippen MR) is 107 cm³/mol. The lowest BCUT2D eigenvalue weighted by Gasteiger charge is -2.09. The number of amides is 1. The van der Waals surface area contributed by atoms with Gasteiger partial charge in [-0.15, -0.1) is 11.8 Å². The van der Waals surface area contributed by atoms with Gasteiger partial charge in [-0.2, -0.15) is 0 Å². The van der Waals surface area contributed by atoms with E-state index in [1.54, 1.807) is 0 Å². The normalized spacial score (nSPS) is 10.3. The Hall–Kier alpha value is -2.39. The molecule has 0 saturated carbocycles. The fraction of sp³-hybridized carbons (Fsp3) is 0.222.